The molecule has 1 heterocycles. The van der Waals surface area contributed by atoms with Gasteiger partial charge < -0.3 is 9.73 Å². The molecule has 0 radical (unpaired) electrons. The van der Waals surface area contributed by atoms with Crippen molar-refractivity contribution in [3.63, 3.8) is 0 Å². The maximum Gasteiger partial charge on any atom is 0.271 e. The van der Waals surface area contributed by atoms with Crippen molar-refractivity contribution in [2.75, 3.05) is 5.32 Å². The van der Waals surface area contributed by atoms with Gasteiger partial charge in [0.1, 0.15) is 5.58 Å². The van der Waals surface area contributed by atoms with E-state index in [4.69, 9.17) is 4.42 Å². The van der Waals surface area contributed by atoms with E-state index in [0.717, 1.165) is 33.2 Å². The van der Waals surface area contributed by atoms with Gasteiger partial charge in [0.2, 0.25) is 5.91 Å². The van der Waals surface area contributed by atoms with Gasteiger partial charge in [-0.1, -0.05) is 12.1 Å². The summed E-state index contributed by atoms with van der Waals surface area (Å²) in [5, 5.41) is 14.5. The number of nitrogens with one attached hydrogen (secondary N) is 1. The van der Waals surface area contributed by atoms with Crippen LogP contribution in [0.3, 0.4) is 0 Å². The van der Waals surface area contributed by atoms with Gasteiger partial charge >= 0.3 is 0 Å². The van der Waals surface area contributed by atoms with Gasteiger partial charge in [0.25, 0.3) is 5.69 Å². The Hall–Kier alpha value is -3.15. The number of nitro groups is 1. The smallest absolute Gasteiger partial charge is 0.271 e. The minimum Gasteiger partial charge on any atom is -0.464 e. The molecule has 1 amide bonds. The quantitative estimate of drug-likeness (QED) is 0.562. The van der Waals surface area contributed by atoms with E-state index in [1.54, 1.807) is 12.3 Å². The number of amides is 1. The van der Waals surface area contributed by atoms with Crippen molar-refractivity contribution in [1.82, 2.24) is 0 Å². The summed E-state index contributed by atoms with van der Waals surface area (Å²) in [6.07, 6.45) is 1.75. The Kier molecular flexibility index (Phi) is 4.27. The lowest BCUT2D eigenvalue weighted by atomic mass is 9.99. The number of anilines is 1. The van der Waals surface area contributed by atoms with E-state index in [0.29, 0.717) is 5.69 Å². The minimum atomic E-state index is -0.492. The molecule has 0 aliphatic heterocycles. The van der Waals surface area contributed by atoms with E-state index >= 15 is 0 Å². The zero-order valence-corrected chi connectivity index (χ0v) is 14.3. The second-order valence-corrected chi connectivity index (χ2v) is 6.13. The second kappa shape index (κ2) is 6.39. The predicted molar refractivity (Wildman–Crippen MR) is 95.9 cm³/mol. The van der Waals surface area contributed by atoms with Crippen LogP contribution in [0.15, 0.2) is 41.0 Å². The van der Waals surface area contributed by atoms with Crippen molar-refractivity contribution in [2.45, 2.75) is 27.2 Å². The molecule has 1 N–H and O–H groups in total. The normalized spacial score (nSPS) is 10.8. The molecule has 1 aromatic heterocycles. The summed E-state index contributed by atoms with van der Waals surface area (Å²) >= 11 is 0. The number of furan rings is 1. The van der Waals surface area contributed by atoms with Crippen LogP contribution in [-0.4, -0.2) is 10.8 Å². The molecule has 0 aliphatic carbocycles. The molecular weight excluding hydrogens is 320 g/mol. The lowest BCUT2D eigenvalue weighted by Crippen LogP contribution is -2.14. The summed E-state index contributed by atoms with van der Waals surface area (Å²) in [6, 6.07) is 7.96. The first kappa shape index (κ1) is 16.7. The Balaban J connectivity index is 1.84. The third kappa shape index (κ3) is 3.24. The number of hydrogen-bond donors (Lipinski definition) is 1. The number of non-ortho nitro benzene ring substituents is 1. The van der Waals surface area contributed by atoms with Gasteiger partial charge in [-0.25, -0.2) is 0 Å². The number of benzene rings is 2. The topological polar surface area (TPSA) is 85.4 Å². The van der Waals surface area contributed by atoms with Gasteiger partial charge in [-0.05, 0) is 43.5 Å². The average Bonchev–Trinajstić information content (AvgIpc) is 2.97. The van der Waals surface area contributed by atoms with Gasteiger partial charge in [-0.3, -0.25) is 14.9 Å². The number of aryl methyl sites for hydroxylation is 3. The van der Waals surface area contributed by atoms with E-state index in [1.807, 2.05) is 20.8 Å². The average molecular weight is 338 g/mol. The highest BCUT2D eigenvalue weighted by atomic mass is 16.6. The highest BCUT2D eigenvalue weighted by molar-refractivity contribution is 5.97. The maximum atomic E-state index is 12.3. The minimum absolute atomic E-state index is 0.0616. The van der Waals surface area contributed by atoms with Crippen LogP contribution >= 0.6 is 0 Å². The molecule has 0 saturated heterocycles. The van der Waals surface area contributed by atoms with Crippen LogP contribution < -0.4 is 5.32 Å². The fourth-order valence-corrected chi connectivity index (χ4v) is 2.99. The Bertz CT molecular complexity index is 988. The second-order valence-electron chi connectivity index (χ2n) is 6.13. The molecule has 0 bridgehead atoms. The molecule has 0 fully saturated rings. The van der Waals surface area contributed by atoms with Crippen LogP contribution in [0, 0.1) is 30.9 Å². The molecule has 6 nitrogen and oxygen atoms in total. The highest BCUT2D eigenvalue weighted by Gasteiger charge is 2.16. The van der Waals surface area contributed by atoms with Crippen LogP contribution in [-0.2, 0) is 11.2 Å². The SMILES string of the molecule is Cc1cc(C)c2c(CC(=O)Nc3cccc([N+](=O)[O-])c3)coc2c1C. The van der Waals surface area contributed by atoms with E-state index in [9.17, 15) is 14.9 Å². The number of nitro benzene ring substituents is 1. The number of rotatable bonds is 4. The van der Waals surface area contributed by atoms with Gasteiger partial charge in [0.15, 0.2) is 0 Å². The molecule has 6 heteroatoms. The molecular formula is C19H18N2O4. The van der Waals surface area contributed by atoms with E-state index in [2.05, 4.69) is 11.4 Å². The van der Waals surface area contributed by atoms with Crippen LogP contribution in [0.4, 0.5) is 11.4 Å². The van der Waals surface area contributed by atoms with Crippen molar-refractivity contribution < 1.29 is 14.1 Å². The highest BCUT2D eigenvalue weighted by Crippen LogP contribution is 2.30. The summed E-state index contributed by atoms with van der Waals surface area (Å²) in [5.74, 6) is -0.249. The van der Waals surface area contributed by atoms with Crippen molar-refractivity contribution >= 4 is 28.3 Å². The van der Waals surface area contributed by atoms with E-state index in [-0.39, 0.29) is 18.0 Å². The molecule has 25 heavy (non-hydrogen) atoms. The Morgan fingerprint density at radius 2 is 1.96 bits per heavy atom. The molecule has 2 aromatic carbocycles. The van der Waals surface area contributed by atoms with Crippen LogP contribution in [0.1, 0.15) is 22.3 Å². The molecule has 0 atom stereocenters. The van der Waals surface area contributed by atoms with Gasteiger partial charge in [0, 0.05) is 28.8 Å². The lowest BCUT2D eigenvalue weighted by Gasteiger charge is -2.07. The van der Waals surface area contributed by atoms with Gasteiger partial charge in [-0.15, -0.1) is 0 Å². The standard InChI is InChI=1S/C19H18N2O4/c1-11-7-12(2)18-14(10-25-19(18)13(11)3)8-17(22)20-15-5-4-6-16(9-15)21(23)24/h4-7,9-10H,8H2,1-3H3,(H,20,22). The largest absolute Gasteiger partial charge is 0.464 e. The lowest BCUT2D eigenvalue weighted by molar-refractivity contribution is -0.384. The molecule has 128 valence electrons. The van der Waals surface area contributed by atoms with Crippen LogP contribution in [0.25, 0.3) is 11.0 Å². The van der Waals surface area contributed by atoms with Gasteiger partial charge in [0.05, 0.1) is 17.6 Å². The first-order chi connectivity index (χ1) is 11.9. The zero-order chi connectivity index (χ0) is 18.1. The number of nitrogens with zero attached hydrogens (tertiary/aromatic N) is 1. The zero-order valence-electron chi connectivity index (χ0n) is 14.3. The number of hydrogen-bond acceptors (Lipinski definition) is 4. The van der Waals surface area contributed by atoms with Crippen LogP contribution in [0.5, 0.6) is 0 Å². The molecule has 0 saturated carbocycles. The van der Waals surface area contributed by atoms with Crippen molar-refractivity contribution in [1.29, 1.82) is 0 Å². The molecule has 3 aromatic rings. The Labute approximate surface area is 144 Å². The summed E-state index contributed by atoms with van der Waals surface area (Å²) in [5.41, 5.74) is 5.21. The fourth-order valence-electron chi connectivity index (χ4n) is 2.99. The third-order valence-corrected chi connectivity index (χ3v) is 4.32. The third-order valence-electron chi connectivity index (χ3n) is 4.32. The first-order valence-electron chi connectivity index (χ1n) is 7.88. The van der Waals surface area contributed by atoms with Crippen molar-refractivity contribution in [2.24, 2.45) is 0 Å². The first-order valence-corrected chi connectivity index (χ1v) is 7.88. The Morgan fingerprint density at radius 1 is 1.20 bits per heavy atom. The van der Waals surface area contributed by atoms with Gasteiger partial charge in [-0.2, -0.15) is 0 Å². The maximum absolute atomic E-state index is 12.3. The predicted octanol–water partition coefficient (Wildman–Crippen LogP) is 4.45. The summed E-state index contributed by atoms with van der Waals surface area (Å²) < 4.78 is 5.67. The van der Waals surface area contributed by atoms with Crippen LogP contribution in [0.2, 0.25) is 0 Å². The summed E-state index contributed by atoms with van der Waals surface area (Å²) in [6.45, 7) is 6.01. The fraction of sp³-hybridized carbons (Fsp3) is 0.211. The van der Waals surface area contributed by atoms with E-state index in [1.165, 1.54) is 18.2 Å². The Morgan fingerprint density at radius 3 is 2.68 bits per heavy atom. The monoisotopic (exact) mass is 338 g/mol. The molecule has 3 rings (SSSR count). The van der Waals surface area contributed by atoms with Crippen molar-refractivity contribution in [3.05, 3.63) is 69.0 Å². The summed E-state index contributed by atoms with van der Waals surface area (Å²) in [4.78, 5) is 22.7. The van der Waals surface area contributed by atoms with Crippen molar-refractivity contribution in [3.8, 4) is 0 Å². The number of carbonyl (C=O) groups is 1. The molecule has 0 aliphatic rings. The number of carbonyl (C=O) groups excluding carboxylic acids is 1. The molecule has 0 unspecified atom stereocenters. The molecule has 0 spiro atoms. The van der Waals surface area contributed by atoms with E-state index < -0.39 is 4.92 Å². The summed E-state index contributed by atoms with van der Waals surface area (Å²) in [7, 11) is 0. The number of fused-ring (bicyclic) bond motifs is 1.